The van der Waals surface area contributed by atoms with Gasteiger partial charge in [0.1, 0.15) is 6.07 Å². The zero-order valence-corrected chi connectivity index (χ0v) is 17.1. The molecule has 0 spiro atoms. The minimum absolute atomic E-state index is 0.000395. The third kappa shape index (κ3) is 4.16. The van der Waals surface area contributed by atoms with Crippen molar-refractivity contribution in [2.75, 3.05) is 18.0 Å². The highest BCUT2D eigenvalue weighted by Gasteiger charge is 2.35. The van der Waals surface area contributed by atoms with Crippen LogP contribution in [0.5, 0.6) is 0 Å². The van der Waals surface area contributed by atoms with E-state index >= 15 is 0 Å². The molecule has 1 aliphatic heterocycles. The summed E-state index contributed by atoms with van der Waals surface area (Å²) in [5, 5.41) is 12.8. The van der Waals surface area contributed by atoms with Gasteiger partial charge >= 0.3 is 0 Å². The molecule has 0 atom stereocenters. The number of aromatic nitrogens is 1. The number of amides is 1. The van der Waals surface area contributed by atoms with Crippen LogP contribution in [-0.4, -0.2) is 29.5 Å². The van der Waals surface area contributed by atoms with Gasteiger partial charge in [0.2, 0.25) is 17.5 Å². The zero-order valence-electron chi connectivity index (χ0n) is 17.1. The first-order valence-corrected chi connectivity index (χ1v) is 10.5. The molecule has 0 unspecified atom stereocenters. The van der Waals surface area contributed by atoms with E-state index in [4.69, 9.17) is 8.83 Å². The number of rotatable bonds is 4. The molecule has 1 saturated heterocycles. The number of hydrogen-bond acceptors (Lipinski definition) is 6. The van der Waals surface area contributed by atoms with Crippen LogP contribution >= 0.6 is 0 Å². The Kier molecular flexibility index (Phi) is 5.35. The quantitative estimate of drug-likeness (QED) is 0.836. The second-order valence-corrected chi connectivity index (χ2v) is 8.76. The number of piperidine rings is 1. The fourth-order valence-corrected chi connectivity index (χ4v) is 4.37. The molecule has 1 aliphatic carbocycles. The maximum Gasteiger partial charge on any atom is 0.266 e. The molecule has 2 aromatic rings. The topological polar surface area (TPSA) is 95.3 Å². The van der Waals surface area contributed by atoms with Crippen LogP contribution in [-0.2, 0) is 4.79 Å². The largest absolute Gasteiger partial charge is 0.459 e. The van der Waals surface area contributed by atoms with Gasteiger partial charge in [-0.2, -0.15) is 10.2 Å². The van der Waals surface area contributed by atoms with Crippen molar-refractivity contribution < 1.29 is 13.6 Å². The van der Waals surface area contributed by atoms with Crippen LogP contribution < -0.4 is 10.2 Å². The molecule has 154 valence electrons. The lowest BCUT2D eigenvalue weighted by Gasteiger charge is -2.39. The predicted octanol–water partition coefficient (Wildman–Crippen LogP) is 4.11. The standard InChI is InChI=1S/C22H28N4O3/c1-15-5-9-22(2,10-6-15)25-19(27)16-7-11-26(12-8-16)21-17(14-23)24-20(29-21)18-4-3-13-28-18/h3-4,13,15-16H,5-12H2,1-2H3,(H,25,27). The Hall–Kier alpha value is -2.75. The van der Waals surface area contributed by atoms with Gasteiger partial charge in [0.05, 0.1) is 6.26 Å². The molecular weight excluding hydrogens is 368 g/mol. The number of hydrogen-bond donors (Lipinski definition) is 1. The lowest BCUT2D eigenvalue weighted by Crippen LogP contribution is -2.51. The predicted molar refractivity (Wildman–Crippen MR) is 108 cm³/mol. The van der Waals surface area contributed by atoms with Crippen LogP contribution in [0, 0.1) is 23.2 Å². The van der Waals surface area contributed by atoms with Gasteiger partial charge in [0, 0.05) is 24.5 Å². The van der Waals surface area contributed by atoms with Crippen LogP contribution in [0.25, 0.3) is 11.7 Å². The Morgan fingerprint density at radius 1 is 1.31 bits per heavy atom. The number of nitrogens with one attached hydrogen (secondary N) is 1. The molecule has 0 aromatic carbocycles. The lowest BCUT2D eigenvalue weighted by molar-refractivity contribution is -0.127. The maximum absolute atomic E-state index is 12.8. The molecule has 4 rings (SSSR count). The van der Waals surface area contributed by atoms with Gasteiger partial charge in [-0.15, -0.1) is 0 Å². The maximum atomic E-state index is 12.8. The molecule has 29 heavy (non-hydrogen) atoms. The fraction of sp³-hybridized carbons (Fsp3) is 0.591. The highest BCUT2D eigenvalue weighted by atomic mass is 16.4. The van der Waals surface area contributed by atoms with E-state index in [9.17, 15) is 10.1 Å². The summed E-state index contributed by atoms with van der Waals surface area (Å²) in [6.45, 7) is 5.78. The minimum Gasteiger partial charge on any atom is -0.459 e. The Morgan fingerprint density at radius 3 is 2.66 bits per heavy atom. The van der Waals surface area contributed by atoms with Crippen molar-refractivity contribution >= 4 is 11.8 Å². The molecule has 2 aliphatic rings. The first-order valence-electron chi connectivity index (χ1n) is 10.5. The average molecular weight is 396 g/mol. The lowest BCUT2D eigenvalue weighted by atomic mass is 9.78. The van der Waals surface area contributed by atoms with Gasteiger partial charge in [0.15, 0.2) is 5.76 Å². The number of oxazole rings is 1. The van der Waals surface area contributed by atoms with E-state index < -0.39 is 0 Å². The Morgan fingerprint density at radius 2 is 2.03 bits per heavy atom. The van der Waals surface area contributed by atoms with Crippen LogP contribution in [0.1, 0.15) is 58.1 Å². The van der Waals surface area contributed by atoms with Gasteiger partial charge in [0.25, 0.3) is 5.89 Å². The molecule has 3 heterocycles. The summed E-state index contributed by atoms with van der Waals surface area (Å²) in [4.78, 5) is 19.1. The molecule has 1 amide bonds. The SMILES string of the molecule is CC1CCC(C)(NC(=O)C2CCN(c3oc(-c4ccco4)nc3C#N)CC2)CC1. The summed E-state index contributed by atoms with van der Waals surface area (Å²) in [6, 6.07) is 5.61. The normalized spacial score (nSPS) is 25.6. The Bertz CT molecular complexity index is 880. The first kappa shape index (κ1) is 19.6. The molecule has 0 bridgehead atoms. The third-order valence-corrected chi connectivity index (χ3v) is 6.40. The summed E-state index contributed by atoms with van der Waals surface area (Å²) in [5.74, 6) is 2.19. The van der Waals surface area contributed by atoms with E-state index in [-0.39, 0.29) is 23.1 Å². The summed E-state index contributed by atoms with van der Waals surface area (Å²) in [7, 11) is 0. The fourth-order valence-electron chi connectivity index (χ4n) is 4.37. The number of nitrogens with zero attached hydrogens (tertiary/aromatic N) is 3. The Labute approximate surface area is 171 Å². The number of furan rings is 1. The summed E-state index contributed by atoms with van der Waals surface area (Å²) >= 11 is 0. The molecule has 7 nitrogen and oxygen atoms in total. The van der Waals surface area contributed by atoms with E-state index in [0.29, 0.717) is 30.6 Å². The number of carbonyl (C=O) groups is 1. The van der Waals surface area contributed by atoms with Crippen molar-refractivity contribution in [1.82, 2.24) is 10.3 Å². The number of nitriles is 1. The highest BCUT2D eigenvalue weighted by Crippen LogP contribution is 2.34. The average Bonchev–Trinajstić information content (AvgIpc) is 3.40. The summed E-state index contributed by atoms with van der Waals surface area (Å²) < 4.78 is 11.2. The van der Waals surface area contributed by atoms with Gasteiger partial charge < -0.3 is 19.1 Å². The van der Waals surface area contributed by atoms with Crippen molar-refractivity contribution in [3.8, 4) is 17.7 Å². The van der Waals surface area contributed by atoms with E-state index in [1.165, 1.54) is 12.8 Å². The second kappa shape index (κ2) is 7.94. The zero-order chi connectivity index (χ0) is 20.4. The molecule has 1 saturated carbocycles. The number of carbonyl (C=O) groups excluding carboxylic acids is 1. The van der Waals surface area contributed by atoms with Crippen LogP contribution in [0.4, 0.5) is 5.88 Å². The molecule has 7 heteroatoms. The summed E-state index contributed by atoms with van der Waals surface area (Å²) in [5.41, 5.74) is 0.181. The van der Waals surface area contributed by atoms with Crippen LogP contribution in [0.15, 0.2) is 27.2 Å². The summed E-state index contributed by atoms with van der Waals surface area (Å²) in [6.07, 6.45) is 7.48. The van der Waals surface area contributed by atoms with Crippen molar-refractivity contribution in [2.45, 2.75) is 57.9 Å². The van der Waals surface area contributed by atoms with Gasteiger partial charge in [-0.25, -0.2) is 0 Å². The third-order valence-electron chi connectivity index (χ3n) is 6.40. The monoisotopic (exact) mass is 396 g/mol. The molecule has 0 radical (unpaired) electrons. The first-order chi connectivity index (χ1) is 14.0. The molecule has 1 N–H and O–H groups in total. The molecule has 2 fully saturated rings. The number of anilines is 1. The van der Waals surface area contributed by atoms with E-state index in [1.54, 1.807) is 18.4 Å². The van der Waals surface area contributed by atoms with Gasteiger partial charge in [-0.1, -0.05) is 6.92 Å². The van der Waals surface area contributed by atoms with Crippen molar-refractivity contribution in [3.05, 3.63) is 24.1 Å². The van der Waals surface area contributed by atoms with Crippen molar-refractivity contribution in [1.29, 1.82) is 5.26 Å². The Balaban J connectivity index is 1.37. The highest BCUT2D eigenvalue weighted by molar-refractivity contribution is 5.79. The minimum atomic E-state index is -0.0718. The van der Waals surface area contributed by atoms with Crippen LogP contribution in [0.2, 0.25) is 0 Å². The molecular formula is C22H28N4O3. The van der Waals surface area contributed by atoms with Crippen molar-refractivity contribution in [2.24, 2.45) is 11.8 Å². The van der Waals surface area contributed by atoms with Gasteiger partial charge in [-0.3, -0.25) is 4.79 Å². The van der Waals surface area contributed by atoms with Crippen LogP contribution in [0.3, 0.4) is 0 Å². The van der Waals surface area contributed by atoms with E-state index in [0.717, 1.165) is 31.6 Å². The second-order valence-electron chi connectivity index (χ2n) is 8.76. The van der Waals surface area contributed by atoms with Gasteiger partial charge in [-0.05, 0) is 63.5 Å². The molecule has 2 aromatic heterocycles. The van der Waals surface area contributed by atoms with Crippen molar-refractivity contribution in [3.63, 3.8) is 0 Å². The van der Waals surface area contributed by atoms with E-state index in [1.807, 2.05) is 4.90 Å². The van der Waals surface area contributed by atoms with E-state index in [2.05, 4.69) is 30.2 Å². The smallest absolute Gasteiger partial charge is 0.266 e.